The van der Waals surface area contributed by atoms with Gasteiger partial charge in [-0.2, -0.15) is 10.5 Å². The van der Waals surface area contributed by atoms with Crippen molar-refractivity contribution in [2.24, 2.45) is 11.3 Å². The van der Waals surface area contributed by atoms with Crippen molar-refractivity contribution >= 4 is 11.6 Å². The third-order valence-electron chi connectivity index (χ3n) is 6.39. The Labute approximate surface area is 173 Å². The van der Waals surface area contributed by atoms with Crippen molar-refractivity contribution in [1.82, 2.24) is 0 Å². The number of rotatable bonds is 3. The summed E-state index contributed by atoms with van der Waals surface area (Å²) in [6.07, 6.45) is 1.38. The largest absolute Gasteiger partial charge is 0.294 e. The molecule has 3 atom stereocenters. The van der Waals surface area contributed by atoms with Gasteiger partial charge in [0.25, 0.3) is 11.4 Å². The van der Waals surface area contributed by atoms with Gasteiger partial charge in [-0.15, -0.1) is 6.58 Å². The first-order valence-corrected chi connectivity index (χ1v) is 9.47. The predicted molar refractivity (Wildman–Crippen MR) is 109 cm³/mol. The summed E-state index contributed by atoms with van der Waals surface area (Å²) in [7, 11) is 0. The Balaban J connectivity index is 2.11. The van der Waals surface area contributed by atoms with Crippen LogP contribution < -0.4 is 4.90 Å². The molecule has 2 aromatic carbocycles. The van der Waals surface area contributed by atoms with E-state index in [9.17, 15) is 25.4 Å². The van der Waals surface area contributed by atoms with Gasteiger partial charge in [0.2, 0.25) is 0 Å². The minimum absolute atomic E-state index is 0.0680. The standard InChI is InChI=1S/C23H18N4O3/c1-3-17-12-22(13-24,14-25)21-23(17,27(29)30)19-15(2)8-7-11-18(19)26(21)20(28)16-9-5-4-6-10-16/h3-11,17,21H,1,12H2,2H3/t17?,21?,23-/m1/s1. The van der Waals surface area contributed by atoms with E-state index in [1.807, 2.05) is 12.1 Å². The number of benzene rings is 2. The molecule has 7 nitrogen and oxygen atoms in total. The van der Waals surface area contributed by atoms with Gasteiger partial charge in [0.15, 0.2) is 5.41 Å². The Morgan fingerprint density at radius 3 is 2.47 bits per heavy atom. The fourth-order valence-corrected chi connectivity index (χ4v) is 5.22. The van der Waals surface area contributed by atoms with Crippen LogP contribution in [0.25, 0.3) is 0 Å². The Kier molecular flexibility index (Phi) is 4.22. The van der Waals surface area contributed by atoms with Crippen LogP contribution in [-0.4, -0.2) is 16.9 Å². The van der Waals surface area contributed by atoms with Gasteiger partial charge in [0.05, 0.1) is 29.3 Å². The molecule has 0 saturated heterocycles. The number of hydrogen-bond acceptors (Lipinski definition) is 5. The molecule has 1 aliphatic carbocycles. The Morgan fingerprint density at radius 1 is 1.23 bits per heavy atom. The van der Waals surface area contributed by atoms with Gasteiger partial charge in [-0.3, -0.25) is 19.8 Å². The summed E-state index contributed by atoms with van der Waals surface area (Å²) < 4.78 is 0. The molecule has 0 bridgehead atoms. The quantitative estimate of drug-likeness (QED) is 0.444. The normalized spacial score (nSPS) is 25.5. The summed E-state index contributed by atoms with van der Waals surface area (Å²) in [5.41, 5.74) is -1.86. The highest BCUT2D eigenvalue weighted by Gasteiger charge is 2.78. The molecule has 1 heterocycles. The van der Waals surface area contributed by atoms with Crippen molar-refractivity contribution in [3.8, 4) is 12.1 Å². The smallest absolute Gasteiger partial charge is 0.278 e. The van der Waals surface area contributed by atoms with Crippen molar-refractivity contribution in [3.05, 3.63) is 88.0 Å². The van der Waals surface area contributed by atoms with Gasteiger partial charge < -0.3 is 0 Å². The van der Waals surface area contributed by atoms with Gasteiger partial charge >= 0.3 is 0 Å². The van der Waals surface area contributed by atoms with Gasteiger partial charge in [-0.25, -0.2) is 0 Å². The first kappa shape index (κ1) is 19.4. The number of fused-ring (bicyclic) bond motifs is 3. The van der Waals surface area contributed by atoms with Crippen LogP contribution in [-0.2, 0) is 5.54 Å². The zero-order valence-corrected chi connectivity index (χ0v) is 16.3. The minimum atomic E-state index is -1.82. The zero-order valence-electron chi connectivity index (χ0n) is 16.3. The van der Waals surface area contributed by atoms with Gasteiger partial charge in [-0.1, -0.05) is 36.4 Å². The number of hydrogen-bond donors (Lipinski definition) is 0. The first-order valence-electron chi connectivity index (χ1n) is 9.47. The van der Waals surface area contributed by atoms with Crippen molar-refractivity contribution in [3.63, 3.8) is 0 Å². The molecule has 1 aliphatic heterocycles. The summed E-state index contributed by atoms with van der Waals surface area (Å²) in [6.45, 7) is 5.52. The van der Waals surface area contributed by atoms with Crippen LogP contribution in [0, 0.1) is 51.0 Å². The van der Waals surface area contributed by atoms with Crippen LogP contribution in [0.1, 0.15) is 27.9 Å². The van der Waals surface area contributed by atoms with Crippen molar-refractivity contribution < 1.29 is 9.72 Å². The van der Waals surface area contributed by atoms with E-state index >= 15 is 0 Å². The maximum absolute atomic E-state index is 13.6. The van der Waals surface area contributed by atoms with E-state index in [0.717, 1.165) is 0 Å². The molecule has 4 rings (SSSR count). The summed E-state index contributed by atoms with van der Waals surface area (Å²) in [5, 5.41) is 32.8. The molecule has 1 fully saturated rings. The van der Waals surface area contributed by atoms with Gasteiger partial charge in [0.1, 0.15) is 6.04 Å². The summed E-state index contributed by atoms with van der Waals surface area (Å²) >= 11 is 0. The Hall–Kier alpha value is -3.97. The molecule has 2 aliphatic rings. The average molecular weight is 398 g/mol. The second-order valence-electron chi connectivity index (χ2n) is 7.74. The second-order valence-corrected chi connectivity index (χ2v) is 7.74. The molecule has 2 unspecified atom stereocenters. The number of amides is 1. The maximum atomic E-state index is 13.6. The van der Waals surface area contributed by atoms with Crippen LogP contribution in [0.3, 0.4) is 0 Å². The lowest BCUT2D eigenvalue weighted by atomic mass is 9.76. The van der Waals surface area contributed by atoms with Gasteiger partial charge in [0, 0.05) is 10.5 Å². The highest BCUT2D eigenvalue weighted by Crippen LogP contribution is 2.64. The number of aryl methyl sites for hydroxylation is 1. The molecule has 1 saturated carbocycles. The number of anilines is 1. The van der Waals surface area contributed by atoms with Crippen LogP contribution >= 0.6 is 0 Å². The Morgan fingerprint density at radius 2 is 1.90 bits per heavy atom. The molecule has 148 valence electrons. The topological polar surface area (TPSA) is 111 Å². The molecule has 2 aromatic rings. The van der Waals surface area contributed by atoms with Crippen LogP contribution in [0.4, 0.5) is 5.69 Å². The van der Waals surface area contributed by atoms with E-state index in [0.29, 0.717) is 22.4 Å². The second kappa shape index (κ2) is 6.53. The Bertz CT molecular complexity index is 1150. The molecule has 7 heteroatoms. The first-order chi connectivity index (χ1) is 14.4. The number of nitrogens with zero attached hydrogens (tertiary/aromatic N) is 4. The van der Waals surface area contributed by atoms with E-state index in [1.165, 1.54) is 11.0 Å². The highest BCUT2D eigenvalue weighted by atomic mass is 16.6. The molecule has 0 spiro atoms. The molecular formula is C23H18N4O3. The van der Waals surface area contributed by atoms with E-state index in [1.54, 1.807) is 55.5 Å². The van der Waals surface area contributed by atoms with Crippen molar-refractivity contribution in [2.75, 3.05) is 4.90 Å². The maximum Gasteiger partial charge on any atom is 0.278 e. The fourth-order valence-electron chi connectivity index (χ4n) is 5.22. The molecule has 0 N–H and O–H groups in total. The summed E-state index contributed by atoms with van der Waals surface area (Å²) in [6, 6.07) is 16.3. The third kappa shape index (κ3) is 2.15. The molecule has 0 aromatic heterocycles. The molecule has 1 amide bonds. The van der Waals surface area contributed by atoms with Crippen molar-refractivity contribution in [2.45, 2.75) is 24.9 Å². The lowest BCUT2D eigenvalue weighted by Crippen LogP contribution is -2.56. The predicted octanol–water partition coefficient (Wildman–Crippen LogP) is 3.74. The van der Waals surface area contributed by atoms with Crippen LogP contribution in [0.15, 0.2) is 61.2 Å². The van der Waals surface area contributed by atoms with E-state index < -0.39 is 33.7 Å². The number of carbonyl (C=O) groups excluding carboxylic acids is 1. The number of carbonyl (C=O) groups is 1. The van der Waals surface area contributed by atoms with E-state index in [2.05, 4.69) is 6.58 Å². The highest BCUT2D eigenvalue weighted by molar-refractivity contribution is 6.08. The summed E-state index contributed by atoms with van der Waals surface area (Å²) in [4.78, 5) is 27.2. The fraction of sp³-hybridized carbons (Fsp3) is 0.261. The zero-order chi connectivity index (χ0) is 21.7. The molecule has 0 radical (unpaired) electrons. The van der Waals surface area contributed by atoms with Gasteiger partial charge in [-0.05, 0) is 37.1 Å². The summed E-state index contributed by atoms with van der Waals surface area (Å²) in [5.74, 6) is -1.26. The van der Waals surface area contributed by atoms with Crippen molar-refractivity contribution in [1.29, 1.82) is 10.5 Å². The lowest BCUT2D eigenvalue weighted by Gasteiger charge is -2.32. The third-order valence-corrected chi connectivity index (χ3v) is 6.39. The van der Waals surface area contributed by atoms with E-state index in [4.69, 9.17) is 0 Å². The SMILES string of the molecule is C=CC1CC(C#N)(C#N)C2N(C(=O)c3ccccc3)c3cccc(C)c3[C@]12[N+](=O)[O-]. The van der Waals surface area contributed by atoms with Crippen LogP contribution in [0.5, 0.6) is 0 Å². The lowest BCUT2D eigenvalue weighted by molar-refractivity contribution is -0.585. The molecular weight excluding hydrogens is 380 g/mol. The van der Waals surface area contributed by atoms with E-state index in [-0.39, 0.29) is 6.42 Å². The molecule has 30 heavy (non-hydrogen) atoms. The number of nitriles is 2. The minimum Gasteiger partial charge on any atom is -0.294 e. The monoisotopic (exact) mass is 398 g/mol. The average Bonchev–Trinajstić information content (AvgIpc) is 3.24. The van der Waals surface area contributed by atoms with Crippen LogP contribution in [0.2, 0.25) is 0 Å². The number of nitro groups is 1.